The summed E-state index contributed by atoms with van der Waals surface area (Å²) in [5.74, 6) is -0.714. The minimum absolute atomic E-state index is 0.102. The number of hydrogen-bond acceptors (Lipinski definition) is 5. The van der Waals surface area contributed by atoms with Gasteiger partial charge >= 0.3 is 5.97 Å². The Kier molecular flexibility index (Phi) is 5.87. The lowest BCUT2D eigenvalue weighted by molar-refractivity contribution is -0.133. The molecule has 0 bridgehead atoms. The number of aliphatic carboxylic acids is 1. The molecule has 0 unspecified atom stereocenters. The van der Waals surface area contributed by atoms with Crippen molar-refractivity contribution in [3.8, 4) is 11.4 Å². The Labute approximate surface area is 160 Å². The first-order valence-electron chi connectivity index (χ1n) is 8.23. The van der Waals surface area contributed by atoms with Crippen molar-refractivity contribution >= 4 is 23.6 Å². The molecule has 0 aliphatic heterocycles. The van der Waals surface area contributed by atoms with E-state index >= 15 is 0 Å². The van der Waals surface area contributed by atoms with Gasteiger partial charge in [0.1, 0.15) is 0 Å². The second-order valence-corrected chi connectivity index (χ2v) is 6.88. The van der Waals surface area contributed by atoms with Gasteiger partial charge in [-0.25, -0.2) is 0 Å². The molecule has 1 heterocycles. The lowest BCUT2D eigenvalue weighted by Gasteiger charge is -2.08. The topological polar surface area (TPSA) is 108 Å². The van der Waals surface area contributed by atoms with Crippen LogP contribution in [0.25, 0.3) is 11.4 Å². The number of carboxylic acids is 1. The first kappa shape index (κ1) is 18.7. The maximum absolute atomic E-state index is 12.5. The molecule has 7 nitrogen and oxygen atoms in total. The zero-order valence-electron chi connectivity index (χ0n) is 14.6. The number of hydrogen-bond donors (Lipinski definition) is 3. The predicted octanol–water partition coefficient (Wildman–Crippen LogP) is 2.89. The molecule has 1 aromatic heterocycles. The van der Waals surface area contributed by atoms with Gasteiger partial charge in [0.05, 0.1) is 5.75 Å². The van der Waals surface area contributed by atoms with Gasteiger partial charge in [0, 0.05) is 17.7 Å². The van der Waals surface area contributed by atoms with Crippen molar-refractivity contribution in [2.75, 3.05) is 5.75 Å². The third-order valence-corrected chi connectivity index (χ3v) is 4.56. The summed E-state index contributed by atoms with van der Waals surface area (Å²) < 4.78 is 0. The molecule has 138 valence electrons. The van der Waals surface area contributed by atoms with Gasteiger partial charge in [0.25, 0.3) is 5.91 Å². The average molecular weight is 382 g/mol. The second-order valence-electron chi connectivity index (χ2n) is 5.92. The van der Waals surface area contributed by atoms with E-state index in [1.54, 1.807) is 12.1 Å². The Morgan fingerprint density at radius 2 is 1.93 bits per heavy atom. The molecule has 0 aliphatic carbocycles. The lowest BCUT2D eigenvalue weighted by Crippen LogP contribution is -2.22. The van der Waals surface area contributed by atoms with E-state index in [4.69, 9.17) is 5.11 Å². The number of H-pyrrole nitrogens is 1. The van der Waals surface area contributed by atoms with E-state index < -0.39 is 5.97 Å². The third kappa shape index (κ3) is 5.18. The summed E-state index contributed by atoms with van der Waals surface area (Å²) >= 11 is 1.06. The number of benzene rings is 2. The van der Waals surface area contributed by atoms with Gasteiger partial charge in [-0.3, -0.25) is 9.59 Å². The highest BCUT2D eigenvalue weighted by Gasteiger charge is 2.12. The Balaban J connectivity index is 1.74. The van der Waals surface area contributed by atoms with Gasteiger partial charge in [-0.15, -0.1) is 10.2 Å². The summed E-state index contributed by atoms with van der Waals surface area (Å²) in [6, 6.07) is 15.1. The highest BCUT2D eigenvalue weighted by atomic mass is 32.2. The molecular formula is C19H18N4O3S. The van der Waals surface area contributed by atoms with Gasteiger partial charge in [-0.2, -0.15) is 0 Å². The predicted molar refractivity (Wildman–Crippen MR) is 103 cm³/mol. The third-order valence-electron chi connectivity index (χ3n) is 3.71. The van der Waals surface area contributed by atoms with E-state index in [-0.39, 0.29) is 11.7 Å². The molecule has 0 atom stereocenters. The number of rotatable bonds is 7. The van der Waals surface area contributed by atoms with Crippen molar-refractivity contribution < 1.29 is 14.7 Å². The van der Waals surface area contributed by atoms with E-state index in [1.807, 2.05) is 43.3 Å². The quantitative estimate of drug-likeness (QED) is 0.542. The maximum Gasteiger partial charge on any atom is 0.313 e. The second kappa shape index (κ2) is 8.50. The van der Waals surface area contributed by atoms with Gasteiger partial charge in [-0.1, -0.05) is 42.1 Å². The summed E-state index contributed by atoms with van der Waals surface area (Å²) in [6.07, 6.45) is 0. The van der Waals surface area contributed by atoms with Crippen molar-refractivity contribution in [2.24, 2.45) is 0 Å². The number of carboxylic acid groups (broad SMARTS) is 1. The molecule has 3 aromatic rings. The van der Waals surface area contributed by atoms with E-state index in [0.29, 0.717) is 23.1 Å². The van der Waals surface area contributed by atoms with Crippen LogP contribution in [0.3, 0.4) is 0 Å². The van der Waals surface area contributed by atoms with E-state index in [0.717, 1.165) is 28.5 Å². The molecule has 0 spiro atoms. The van der Waals surface area contributed by atoms with Crippen LogP contribution in [-0.4, -0.2) is 37.9 Å². The highest BCUT2D eigenvalue weighted by Crippen LogP contribution is 2.22. The van der Waals surface area contributed by atoms with Crippen LogP contribution in [0.5, 0.6) is 0 Å². The van der Waals surface area contributed by atoms with E-state index in [1.165, 1.54) is 0 Å². The van der Waals surface area contributed by atoms with Crippen LogP contribution in [0.15, 0.2) is 53.7 Å². The standard InChI is InChI=1S/C19H18N4O3S/c1-12-7-14(17-21-19(23-22-17)27-11-16(24)25)9-15(8-12)18(26)20-10-13-5-3-2-4-6-13/h2-9H,10-11H2,1H3,(H,20,26)(H,24,25)(H,21,22,23). The number of nitrogens with zero attached hydrogens (tertiary/aromatic N) is 2. The number of carbonyl (C=O) groups is 2. The number of aromatic amines is 1. The van der Waals surface area contributed by atoms with Crippen LogP contribution in [0.2, 0.25) is 0 Å². The Hall–Kier alpha value is -3.13. The fourth-order valence-electron chi connectivity index (χ4n) is 2.50. The SMILES string of the molecule is Cc1cc(C(=O)NCc2ccccc2)cc(-c2nnc(SCC(=O)O)[nH]2)c1. The first-order valence-corrected chi connectivity index (χ1v) is 9.21. The molecule has 8 heteroatoms. The smallest absolute Gasteiger partial charge is 0.313 e. The normalized spacial score (nSPS) is 10.6. The molecule has 0 aliphatic rings. The zero-order chi connectivity index (χ0) is 19.2. The number of carbonyl (C=O) groups excluding carboxylic acids is 1. The van der Waals surface area contributed by atoms with Crippen molar-refractivity contribution in [1.82, 2.24) is 20.5 Å². The molecular weight excluding hydrogens is 364 g/mol. The van der Waals surface area contributed by atoms with Crippen molar-refractivity contribution in [3.05, 3.63) is 65.2 Å². The highest BCUT2D eigenvalue weighted by molar-refractivity contribution is 7.99. The van der Waals surface area contributed by atoms with Crippen LogP contribution in [-0.2, 0) is 11.3 Å². The minimum Gasteiger partial charge on any atom is -0.481 e. The van der Waals surface area contributed by atoms with Crippen LogP contribution < -0.4 is 5.32 Å². The minimum atomic E-state index is -0.925. The van der Waals surface area contributed by atoms with E-state index in [9.17, 15) is 9.59 Å². The number of aromatic nitrogens is 3. The summed E-state index contributed by atoms with van der Waals surface area (Å²) in [4.78, 5) is 26.1. The molecule has 3 rings (SSSR count). The fraction of sp³-hybridized carbons (Fsp3) is 0.158. The summed E-state index contributed by atoms with van der Waals surface area (Å²) in [6.45, 7) is 2.34. The summed E-state index contributed by atoms with van der Waals surface area (Å²) in [7, 11) is 0. The van der Waals surface area contributed by atoms with Gasteiger partial charge < -0.3 is 15.4 Å². The average Bonchev–Trinajstić information content (AvgIpc) is 3.14. The monoisotopic (exact) mass is 382 g/mol. The molecule has 1 amide bonds. The van der Waals surface area contributed by atoms with Crippen molar-refractivity contribution in [2.45, 2.75) is 18.6 Å². The summed E-state index contributed by atoms with van der Waals surface area (Å²) in [5, 5.41) is 20.0. The maximum atomic E-state index is 12.5. The molecule has 0 saturated carbocycles. The van der Waals surface area contributed by atoms with Crippen LogP contribution in [0.1, 0.15) is 21.5 Å². The first-order chi connectivity index (χ1) is 13.0. The van der Waals surface area contributed by atoms with E-state index in [2.05, 4.69) is 20.5 Å². The van der Waals surface area contributed by atoms with Crippen LogP contribution >= 0.6 is 11.8 Å². The molecule has 0 radical (unpaired) electrons. The van der Waals surface area contributed by atoms with Gasteiger partial charge in [0.15, 0.2) is 11.0 Å². The number of nitrogens with one attached hydrogen (secondary N) is 2. The molecule has 2 aromatic carbocycles. The Morgan fingerprint density at radius 3 is 2.67 bits per heavy atom. The molecule has 3 N–H and O–H groups in total. The van der Waals surface area contributed by atoms with Gasteiger partial charge in [0.2, 0.25) is 0 Å². The molecule has 0 saturated heterocycles. The zero-order valence-corrected chi connectivity index (χ0v) is 15.4. The fourth-order valence-corrected chi connectivity index (χ4v) is 3.03. The molecule has 27 heavy (non-hydrogen) atoms. The number of thioether (sulfide) groups is 1. The van der Waals surface area contributed by atoms with Crippen molar-refractivity contribution in [3.63, 3.8) is 0 Å². The number of amides is 1. The summed E-state index contributed by atoms with van der Waals surface area (Å²) in [5.41, 5.74) is 3.18. The molecule has 0 fully saturated rings. The van der Waals surface area contributed by atoms with Crippen LogP contribution in [0.4, 0.5) is 0 Å². The number of aryl methyl sites for hydroxylation is 1. The van der Waals surface area contributed by atoms with Crippen molar-refractivity contribution in [1.29, 1.82) is 0 Å². The Bertz CT molecular complexity index is 957. The largest absolute Gasteiger partial charge is 0.481 e. The Morgan fingerprint density at radius 1 is 1.15 bits per heavy atom. The van der Waals surface area contributed by atoms with Crippen LogP contribution in [0, 0.1) is 6.92 Å². The lowest BCUT2D eigenvalue weighted by atomic mass is 10.1. The van der Waals surface area contributed by atoms with Gasteiger partial charge in [-0.05, 0) is 36.2 Å².